The predicted octanol–water partition coefficient (Wildman–Crippen LogP) is 5.26. The highest BCUT2D eigenvalue weighted by atomic mass is 19.4. The van der Waals surface area contributed by atoms with Gasteiger partial charge in [-0.1, -0.05) is 57.4 Å². The SMILES string of the molecule is CCO[C@@H]1C[C@H]2C(=O)N[C@@]3(C)C/C=C\CCC[C@@H](C(=O)N[C@@H]([C@@H](C)CC)C(=O)N(C)CC(=O)N(C)[C@H]4CCCCN(C4=O)[C@@H](Cc4ccc(C(F)(F)F)cc4)C(=O)N(C)CC(=O)N[C@@H](CCc4cc(F)c(C(F)(F)F)c(F)c4)C(=O)N2C1)N(C)C(=O)C[C@@H](C(=O)N1CCOCC1)N(C)C(=O)[C@H](C1CCCC1)N(C)C3=O. The molecule has 4 bridgehead atoms. The van der Waals surface area contributed by atoms with Crippen molar-refractivity contribution in [1.82, 2.24) is 60.0 Å². The Bertz CT molecular complexity index is 3700. The van der Waals surface area contributed by atoms with Crippen molar-refractivity contribution in [3.63, 3.8) is 0 Å². The third-order valence-corrected chi connectivity index (χ3v) is 22.4. The Morgan fingerprint density at radius 3 is 1.88 bits per heavy atom. The molecule has 6 aliphatic rings. The first-order valence-corrected chi connectivity index (χ1v) is 37.7. The number of hydrogen-bond donors (Lipinski definition) is 3. The van der Waals surface area contributed by atoms with Crippen LogP contribution in [0.5, 0.6) is 0 Å². The molecule has 0 spiro atoms. The molecular formula is C76H104F8N12O14. The van der Waals surface area contributed by atoms with Crippen molar-refractivity contribution in [1.29, 1.82) is 0 Å². The van der Waals surface area contributed by atoms with Crippen molar-refractivity contribution in [2.45, 2.75) is 209 Å². The lowest BCUT2D eigenvalue weighted by Gasteiger charge is -2.42. The van der Waals surface area contributed by atoms with Crippen LogP contribution >= 0.6 is 0 Å². The lowest BCUT2D eigenvalue weighted by molar-refractivity contribution is -0.157. The Morgan fingerprint density at radius 2 is 1.26 bits per heavy atom. The number of morpholine rings is 1. The van der Waals surface area contributed by atoms with Crippen LogP contribution in [0.15, 0.2) is 48.6 Å². The van der Waals surface area contributed by atoms with Crippen molar-refractivity contribution < 1.29 is 102 Å². The maximum atomic E-state index is 15.9. The van der Waals surface area contributed by atoms with Crippen LogP contribution in [0.2, 0.25) is 0 Å². The molecule has 1 saturated carbocycles. The zero-order valence-electron chi connectivity index (χ0n) is 64.1. The minimum absolute atomic E-state index is 0.0140. The average molecular weight is 1560 g/mol. The molecule has 2 aromatic carbocycles. The van der Waals surface area contributed by atoms with Gasteiger partial charge < -0.3 is 69.5 Å². The van der Waals surface area contributed by atoms with Gasteiger partial charge in [-0.05, 0) is 132 Å². The van der Waals surface area contributed by atoms with E-state index in [2.05, 4.69) is 16.0 Å². The van der Waals surface area contributed by atoms with Crippen LogP contribution in [0.4, 0.5) is 35.1 Å². The zero-order chi connectivity index (χ0) is 81.0. The number of nitrogens with one attached hydrogen (secondary N) is 3. The van der Waals surface area contributed by atoms with Gasteiger partial charge in [-0.2, -0.15) is 26.3 Å². The molecule has 110 heavy (non-hydrogen) atoms. The summed E-state index contributed by atoms with van der Waals surface area (Å²) in [6, 6.07) is -7.44. The van der Waals surface area contributed by atoms with E-state index in [1.165, 1.54) is 52.0 Å². The third-order valence-electron chi connectivity index (χ3n) is 22.4. The van der Waals surface area contributed by atoms with Crippen molar-refractivity contribution >= 4 is 70.9 Å². The molecule has 4 fully saturated rings. The molecule has 26 nitrogen and oxygen atoms in total. The Hall–Kier alpha value is -8.82. The van der Waals surface area contributed by atoms with Gasteiger partial charge in [-0.3, -0.25) is 57.5 Å². The molecular weight excluding hydrogens is 1460 g/mol. The quantitative estimate of drug-likeness (QED) is 0.191. The van der Waals surface area contributed by atoms with Crippen LogP contribution in [0, 0.1) is 23.5 Å². The Morgan fingerprint density at radius 1 is 0.645 bits per heavy atom. The second-order valence-electron chi connectivity index (χ2n) is 30.1. The number of ether oxygens (including phenoxy) is 2. The number of carbonyl (C=O) groups excluding carboxylic acids is 12. The van der Waals surface area contributed by atoms with Gasteiger partial charge in [-0.25, -0.2) is 8.78 Å². The summed E-state index contributed by atoms with van der Waals surface area (Å²) in [5.74, 6) is -15.3. The number of rotatable bonds is 11. The third kappa shape index (κ3) is 20.8. The van der Waals surface area contributed by atoms with Crippen molar-refractivity contribution in [2.75, 3.05) is 101 Å². The summed E-state index contributed by atoms with van der Waals surface area (Å²) in [6.07, 6.45) is -7.65. The van der Waals surface area contributed by atoms with Crippen LogP contribution in [0.1, 0.15) is 146 Å². The van der Waals surface area contributed by atoms with Crippen LogP contribution in [0.3, 0.4) is 0 Å². The van der Waals surface area contributed by atoms with Crippen molar-refractivity contribution in [3.05, 3.63) is 82.4 Å². The lowest BCUT2D eigenvalue weighted by Crippen LogP contribution is -2.65. The van der Waals surface area contributed by atoms with Gasteiger partial charge in [0.05, 0.1) is 44.4 Å². The van der Waals surface area contributed by atoms with E-state index in [9.17, 15) is 40.7 Å². The number of carbonyl (C=O) groups is 12. The van der Waals surface area contributed by atoms with Crippen molar-refractivity contribution in [2.24, 2.45) is 11.8 Å². The molecule has 0 unspecified atom stereocenters. The number of amides is 12. The number of aryl methyl sites for hydroxylation is 1. The van der Waals surface area contributed by atoms with E-state index in [0.717, 1.165) is 65.6 Å². The predicted molar refractivity (Wildman–Crippen MR) is 383 cm³/mol. The molecule has 1 aliphatic carbocycles. The van der Waals surface area contributed by atoms with Gasteiger partial charge in [0.15, 0.2) is 0 Å². The molecule has 8 rings (SSSR count). The fourth-order valence-electron chi connectivity index (χ4n) is 15.7. The summed E-state index contributed by atoms with van der Waals surface area (Å²) in [4.78, 5) is 193. The molecule has 11 atom stereocenters. The molecule has 5 aliphatic heterocycles. The van der Waals surface area contributed by atoms with E-state index >= 15 is 51.9 Å². The van der Waals surface area contributed by atoms with Crippen LogP contribution in [0.25, 0.3) is 0 Å². The fraction of sp³-hybridized carbons (Fsp3) is 0.658. The Kier molecular flexibility index (Phi) is 29.6. The maximum absolute atomic E-state index is 15.9. The number of allylic oxidation sites excluding steroid dienone is 1. The smallest absolute Gasteiger partial charge is 0.378 e. The highest BCUT2D eigenvalue weighted by molar-refractivity contribution is 6.01. The van der Waals surface area contributed by atoms with E-state index < -0.39 is 222 Å². The summed E-state index contributed by atoms with van der Waals surface area (Å²) < 4.78 is 126. The average Bonchev–Trinajstić information content (AvgIpc) is 1.75. The topological polar surface area (TPSA) is 289 Å². The van der Waals surface area contributed by atoms with Crippen LogP contribution in [-0.2, 0) is 92.2 Å². The van der Waals surface area contributed by atoms with E-state index in [1.54, 1.807) is 32.9 Å². The number of alkyl halides is 6. The van der Waals surface area contributed by atoms with E-state index in [-0.39, 0.29) is 103 Å². The lowest BCUT2D eigenvalue weighted by atomic mass is 9.90. The molecule has 5 heterocycles. The molecule has 34 heteroatoms. The number of benzene rings is 2. The molecule has 12 amide bonds. The standard InChI is InChI=1S/C76H104F8N12O14/c1-11-45(3)63-71(106)89(6)44-61(99)91(8)55-24-18-20-32-95(70(55)105)58(39-46-25-28-49(29-26-46)75(79,80)81)68(103)88(5)43-59(97)85-53(30-27-47-37-51(77)62(52(78)38-47)76(82,83)84)67(102)96-42-50(110-12-2)40-56(96)66(101)87-74(4)31-19-14-13-15-23-54(65(100)86-63)90(7)60(98)41-57(69(104)94-33-35-109-36-34-94)92(9)72(107)64(93(10)73(74)108)48-21-16-17-22-48/h14,19,25-26,28-29,37-38,45,48,50,53-58,63-64H,11-13,15-18,20-24,27,30-36,39-44H2,1-10H3,(H,85,97)(H,86,100)(H,87,101)/b19-14-/t45-,50+,53-,54-,55-,56-,57-,58-,63-,64-,74-/m0/s1. The first-order chi connectivity index (χ1) is 51.8. The van der Waals surface area contributed by atoms with Crippen LogP contribution < -0.4 is 16.0 Å². The monoisotopic (exact) mass is 1560 g/mol. The van der Waals surface area contributed by atoms with E-state index in [1.807, 2.05) is 0 Å². The minimum atomic E-state index is -5.47. The van der Waals surface area contributed by atoms with Gasteiger partial charge in [0.1, 0.15) is 71.1 Å². The second-order valence-corrected chi connectivity index (χ2v) is 30.1. The minimum Gasteiger partial charge on any atom is -0.378 e. The molecule has 0 aromatic heterocycles. The number of fused-ring (bicyclic) bond motifs is 9. The summed E-state index contributed by atoms with van der Waals surface area (Å²) in [6.45, 7) is 4.82. The summed E-state index contributed by atoms with van der Waals surface area (Å²) in [7, 11) is 7.86. The summed E-state index contributed by atoms with van der Waals surface area (Å²) >= 11 is 0. The maximum Gasteiger partial charge on any atom is 0.422 e. The highest BCUT2D eigenvalue weighted by Crippen LogP contribution is 2.37. The molecule has 3 N–H and O–H groups in total. The second kappa shape index (κ2) is 37.5. The Labute approximate surface area is 635 Å². The molecule has 2 aromatic rings. The van der Waals surface area contributed by atoms with E-state index in [0.29, 0.717) is 44.2 Å². The van der Waals surface area contributed by atoms with Gasteiger partial charge in [-0.15, -0.1) is 0 Å². The van der Waals surface area contributed by atoms with E-state index in [4.69, 9.17) is 9.47 Å². The zero-order valence-corrected chi connectivity index (χ0v) is 64.1. The number of hydrogen-bond acceptors (Lipinski definition) is 14. The number of nitrogens with zero attached hydrogens (tertiary/aromatic N) is 9. The fourth-order valence-corrected chi connectivity index (χ4v) is 15.7. The highest BCUT2D eigenvalue weighted by Gasteiger charge is 2.51. The van der Waals surface area contributed by atoms with Gasteiger partial charge in [0.2, 0.25) is 70.9 Å². The van der Waals surface area contributed by atoms with Gasteiger partial charge in [0.25, 0.3) is 0 Å². The first kappa shape index (κ1) is 86.8. The van der Waals surface area contributed by atoms with Crippen molar-refractivity contribution in [3.8, 4) is 0 Å². The molecule has 3 saturated heterocycles. The Balaban J connectivity index is 1.27. The molecule has 0 radical (unpaired) electrons. The van der Waals surface area contributed by atoms with Crippen LogP contribution in [-0.4, -0.2) is 276 Å². The normalized spacial score (nSPS) is 27.7. The molecule has 608 valence electrons. The number of halogens is 8. The van der Waals surface area contributed by atoms with Gasteiger partial charge in [0, 0.05) is 87.9 Å². The largest absolute Gasteiger partial charge is 0.422 e. The summed E-state index contributed by atoms with van der Waals surface area (Å²) in [5, 5.41) is 8.30. The summed E-state index contributed by atoms with van der Waals surface area (Å²) in [5.41, 5.74) is -5.55. The van der Waals surface area contributed by atoms with Gasteiger partial charge >= 0.3 is 12.4 Å². The first-order valence-electron chi connectivity index (χ1n) is 37.7. The number of likely N-dealkylation sites (N-methyl/N-ethyl adjacent to an activating group) is 6.